The minimum atomic E-state index is -0.0847. The van der Waals surface area contributed by atoms with E-state index in [0.29, 0.717) is 31.7 Å². The molecule has 19 heavy (non-hydrogen) atoms. The highest BCUT2D eigenvalue weighted by Gasteiger charge is 2.48. The minimum Gasteiger partial charge on any atom is -0.395 e. The zero-order valence-corrected chi connectivity index (χ0v) is 10.7. The van der Waals surface area contributed by atoms with Gasteiger partial charge in [-0.3, -0.25) is 0 Å². The SMILES string of the molecule is c1ccc([C@H]2C3=NOC[C@@H]3C[C@H]2C2OCCO2)cc1. The number of nitrogens with zero attached hydrogens (tertiary/aromatic N) is 1. The van der Waals surface area contributed by atoms with Gasteiger partial charge in [-0.25, -0.2) is 0 Å². The Hall–Kier alpha value is -1.39. The average Bonchev–Trinajstić information content (AvgIpc) is 3.15. The molecule has 0 amide bonds. The van der Waals surface area contributed by atoms with Crippen LogP contribution in [0.2, 0.25) is 0 Å². The molecule has 0 aromatic heterocycles. The van der Waals surface area contributed by atoms with Crippen LogP contribution in [-0.4, -0.2) is 31.8 Å². The molecule has 1 aliphatic carbocycles. The highest BCUT2D eigenvalue weighted by Crippen LogP contribution is 2.46. The van der Waals surface area contributed by atoms with Gasteiger partial charge in [0.15, 0.2) is 6.29 Å². The summed E-state index contributed by atoms with van der Waals surface area (Å²) in [5.74, 6) is 1.07. The maximum Gasteiger partial charge on any atom is 0.161 e. The van der Waals surface area contributed by atoms with Gasteiger partial charge in [-0.15, -0.1) is 0 Å². The highest BCUT2D eigenvalue weighted by molar-refractivity contribution is 5.95. The van der Waals surface area contributed by atoms with Crippen molar-refractivity contribution in [2.75, 3.05) is 19.8 Å². The number of hydrogen-bond acceptors (Lipinski definition) is 4. The molecular weight excluding hydrogens is 242 g/mol. The van der Waals surface area contributed by atoms with Gasteiger partial charge < -0.3 is 14.3 Å². The van der Waals surface area contributed by atoms with Gasteiger partial charge >= 0.3 is 0 Å². The monoisotopic (exact) mass is 259 g/mol. The van der Waals surface area contributed by atoms with Crippen molar-refractivity contribution < 1.29 is 14.3 Å². The Morgan fingerprint density at radius 3 is 2.63 bits per heavy atom. The lowest BCUT2D eigenvalue weighted by molar-refractivity contribution is -0.0866. The standard InChI is InChI=1S/C15H17NO3/c1-2-4-10(5-3-1)13-12(15-17-6-7-18-15)8-11-9-19-16-14(11)13/h1-5,11-13,15H,6-9H2/t11-,12+,13+/m0/s1. The van der Waals surface area contributed by atoms with E-state index in [1.54, 1.807) is 0 Å². The summed E-state index contributed by atoms with van der Waals surface area (Å²) in [7, 11) is 0. The smallest absolute Gasteiger partial charge is 0.161 e. The van der Waals surface area contributed by atoms with Gasteiger partial charge in [0.2, 0.25) is 0 Å². The summed E-state index contributed by atoms with van der Waals surface area (Å²) in [5.41, 5.74) is 2.47. The van der Waals surface area contributed by atoms with E-state index in [2.05, 4.69) is 29.4 Å². The number of benzene rings is 1. The summed E-state index contributed by atoms with van der Waals surface area (Å²) in [6.45, 7) is 2.12. The predicted molar refractivity (Wildman–Crippen MR) is 69.9 cm³/mol. The van der Waals surface area contributed by atoms with E-state index >= 15 is 0 Å². The van der Waals surface area contributed by atoms with Crippen LogP contribution in [0, 0.1) is 11.8 Å². The van der Waals surface area contributed by atoms with Crippen LogP contribution in [0.3, 0.4) is 0 Å². The van der Waals surface area contributed by atoms with E-state index in [0.717, 1.165) is 6.42 Å². The Balaban J connectivity index is 1.70. The topological polar surface area (TPSA) is 40.0 Å². The van der Waals surface area contributed by atoms with Crippen LogP contribution in [0.4, 0.5) is 0 Å². The Labute approximate surface area is 112 Å². The molecular formula is C15H17NO3. The summed E-state index contributed by atoms with van der Waals surface area (Å²) in [4.78, 5) is 5.28. The molecule has 4 nitrogen and oxygen atoms in total. The fraction of sp³-hybridized carbons (Fsp3) is 0.533. The van der Waals surface area contributed by atoms with Crippen molar-refractivity contribution in [3.63, 3.8) is 0 Å². The predicted octanol–water partition coefficient (Wildman–Crippen LogP) is 2.17. The first-order valence-corrected chi connectivity index (χ1v) is 6.91. The second-order valence-electron chi connectivity index (χ2n) is 5.41. The number of ether oxygens (including phenoxy) is 2. The molecule has 0 N–H and O–H groups in total. The molecule has 1 saturated carbocycles. The third-order valence-electron chi connectivity index (χ3n) is 4.32. The van der Waals surface area contributed by atoms with Crippen LogP contribution in [0.15, 0.2) is 35.5 Å². The molecule has 100 valence electrons. The first kappa shape index (κ1) is 11.4. The van der Waals surface area contributed by atoms with Crippen molar-refractivity contribution in [1.82, 2.24) is 0 Å². The summed E-state index contributed by atoms with van der Waals surface area (Å²) in [5, 5.41) is 4.28. The largest absolute Gasteiger partial charge is 0.395 e. The van der Waals surface area contributed by atoms with Gasteiger partial charge in [-0.1, -0.05) is 35.5 Å². The van der Waals surface area contributed by atoms with Gasteiger partial charge in [0, 0.05) is 17.8 Å². The molecule has 0 radical (unpaired) electrons. The van der Waals surface area contributed by atoms with E-state index in [4.69, 9.17) is 14.3 Å². The number of hydrogen-bond donors (Lipinski definition) is 0. The van der Waals surface area contributed by atoms with Gasteiger partial charge in [0.1, 0.15) is 6.61 Å². The molecule has 2 aliphatic heterocycles. The lowest BCUT2D eigenvalue weighted by Gasteiger charge is -2.24. The van der Waals surface area contributed by atoms with Gasteiger partial charge in [-0.2, -0.15) is 0 Å². The quantitative estimate of drug-likeness (QED) is 0.817. The second kappa shape index (κ2) is 4.62. The van der Waals surface area contributed by atoms with Crippen molar-refractivity contribution >= 4 is 5.71 Å². The van der Waals surface area contributed by atoms with E-state index < -0.39 is 0 Å². The second-order valence-corrected chi connectivity index (χ2v) is 5.41. The molecule has 0 spiro atoms. The van der Waals surface area contributed by atoms with Crippen LogP contribution in [-0.2, 0) is 14.3 Å². The Kier molecular flexibility index (Phi) is 2.78. The molecule has 3 atom stereocenters. The fourth-order valence-corrected chi connectivity index (χ4v) is 3.52. The normalized spacial score (nSPS) is 34.1. The Bertz CT molecular complexity index is 481. The van der Waals surface area contributed by atoms with Crippen molar-refractivity contribution in [2.45, 2.75) is 18.6 Å². The van der Waals surface area contributed by atoms with Crippen molar-refractivity contribution in [1.29, 1.82) is 0 Å². The van der Waals surface area contributed by atoms with Crippen molar-refractivity contribution in [2.24, 2.45) is 17.0 Å². The number of rotatable bonds is 2. The van der Waals surface area contributed by atoms with Gasteiger partial charge in [-0.05, 0) is 12.0 Å². The Morgan fingerprint density at radius 2 is 1.84 bits per heavy atom. The van der Waals surface area contributed by atoms with E-state index in [1.807, 2.05) is 6.07 Å². The highest BCUT2D eigenvalue weighted by atomic mass is 16.7. The summed E-state index contributed by atoms with van der Waals surface area (Å²) in [6.07, 6.45) is 0.960. The van der Waals surface area contributed by atoms with Crippen LogP contribution >= 0.6 is 0 Å². The molecule has 0 unspecified atom stereocenters. The zero-order chi connectivity index (χ0) is 12.7. The van der Waals surface area contributed by atoms with E-state index in [1.165, 1.54) is 11.3 Å². The lowest BCUT2D eigenvalue weighted by atomic mass is 9.87. The molecule has 0 bridgehead atoms. The zero-order valence-electron chi connectivity index (χ0n) is 10.7. The molecule has 4 rings (SSSR count). The summed E-state index contributed by atoms with van der Waals surface area (Å²) < 4.78 is 11.5. The first-order valence-electron chi connectivity index (χ1n) is 6.91. The first-order chi connectivity index (χ1) is 9.43. The summed E-state index contributed by atoms with van der Waals surface area (Å²) >= 11 is 0. The molecule has 1 aromatic rings. The molecule has 1 saturated heterocycles. The van der Waals surface area contributed by atoms with E-state index in [-0.39, 0.29) is 12.2 Å². The lowest BCUT2D eigenvalue weighted by Crippen LogP contribution is -2.26. The van der Waals surface area contributed by atoms with Crippen LogP contribution in [0.5, 0.6) is 0 Å². The van der Waals surface area contributed by atoms with Crippen molar-refractivity contribution in [3.8, 4) is 0 Å². The van der Waals surface area contributed by atoms with Crippen molar-refractivity contribution in [3.05, 3.63) is 35.9 Å². The average molecular weight is 259 g/mol. The van der Waals surface area contributed by atoms with Gasteiger partial charge in [0.05, 0.1) is 18.9 Å². The third kappa shape index (κ3) is 1.86. The Morgan fingerprint density at radius 1 is 1.05 bits per heavy atom. The molecule has 2 fully saturated rings. The van der Waals surface area contributed by atoms with Crippen LogP contribution in [0.1, 0.15) is 17.9 Å². The molecule has 2 heterocycles. The maximum absolute atomic E-state index is 5.74. The molecule has 4 heteroatoms. The van der Waals surface area contributed by atoms with Crippen LogP contribution < -0.4 is 0 Å². The fourth-order valence-electron chi connectivity index (χ4n) is 3.52. The van der Waals surface area contributed by atoms with E-state index in [9.17, 15) is 0 Å². The third-order valence-corrected chi connectivity index (χ3v) is 4.32. The number of fused-ring (bicyclic) bond motifs is 1. The van der Waals surface area contributed by atoms with Crippen LogP contribution in [0.25, 0.3) is 0 Å². The number of oxime groups is 1. The maximum atomic E-state index is 5.74. The summed E-state index contributed by atoms with van der Waals surface area (Å²) in [6, 6.07) is 10.5. The molecule has 3 aliphatic rings. The minimum absolute atomic E-state index is 0.0847. The van der Waals surface area contributed by atoms with Gasteiger partial charge in [0.25, 0.3) is 0 Å². The molecule has 1 aromatic carbocycles.